The van der Waals surface area contributed by atoms with Crippen LogP contribution in [-0.2, 0) is 31.1 Å². The van der Waals surface area contributed by atoms with Crippen molar-refractivity contribution in [3.8, 4) is 0 Å². The molecular formula is C41H45Cl2N3O6. The first-order valence-electron chi connectivity index (χ1n) is 18.2. The van der Waals surface area contributed by atoms with Gasteiger partial charge in [0.05, 0.1) is 16.3 Å². The molecular weight excluding hydrogens is 701 g/mol. The van der Waals surface area contributed by atoms with Gasteiger partial charge in [0.1, 0.15) is 0 Å². The van der Waals surface area contributed by atoms with E-state index in [4.69, 9.17) is 33.0 Å². The molecule has 2 aliphatic carbocycles. The number of carbonyl (C=O) groups is 4. The quantitative estimate of drug-likeness (QED) is 0.170. The van der Waals surface area contributed by atoms with Crippen LogP contribution >= 0.6 is 23.2 Å². The van der Waals surface area contributed by atoms with Gasteiger partial charge in [0, 0.05) is 61.1 Å². The van der Waals surface area contributed by atoms with Crippen molar-refractivity contribution in [1.29, 1.82) is 0 Å². The van der Waals surface area contributed by atoms with Crippen LogP contribution in [0.15, 0.2) is 58.1 Å². The van der Waals surface area contributed by atoms with Gasteiger partial charge in [-0.25, -0.2) is 9.59 Å². The van der Waals surface area contributed by atoms with E-state index >= 15 is 0 Å². The first-order valence-corrected chi connectivity index (χ1v) is 19.0. The summed E-state index contributed by atoms with van der Waals surface area (Å²) < 4.78 is 0. The van der Waals surface area contributed by atoms with Crippen molar-refractivity contribution in [3.63, 3.8) is 0 Å². The van der Waals surface area contributed by atoms with Crippen molar-refractivity contribution in [2.24, 2.45) is 4.99 Å². The molecule has 11 heteroatoms. The summed E-state index contributed by atoms with van der Waals surface area (Å²) >= 11 is 13.6. The zero-order valence-electron chi connectivity index (χ0n) is 30.2. The highest BCUT2D eigenvalue weighted by atomic mass is 35.5. The van der Waals surface area contributed by atoms with E-state index in [1.165, 1.54) is 11.3 Å². The summed E-state index contributed by atoms with van der Waals surface area (Å²) in [7, 11) is 2.12. The summed E-state index contributed by atoms with van der Waals surface area (Å²) in [6, 6.07) is 7.73. The van der Waals surface area contributed by atoms with Crippen LogP contribution in [0.2, 0.25) is 10.0 Å². The number of imide groups is 1. The number of aromatic carboxylic acids is 1. The highest BCUT2D eigenvalue weighted by Crippen LogP contribution is 2.54. The molecule has 0 spiro atoms. The van der Waals surface area contributed by atoms with Gasteiger partial charge in [0.25, 0.3) is 11.8 Å². The lowest BCUT2D eigenvalue weighted by atomic mass is 9.63. The number of carboxylic acid groups (broad SMARTS) is 1. The number of hydrogen-bond donors (Lipinski definition) is 1. The smallest absolute Gasteiger partial charge is 0.337 e. The van der Waals surface area contributed by atoms with E-state index < -0.39 is 29.2 Å². The molecule has 2 amide bonds. The Morgan fingerprint density at radius 3 is 2.42 bits per heavy atom. The number of allylic oxidation sites excluding steroid dienone is 5. The maximum atomic E-state index is 12.8. The lowest BCUT2D eigenvalue weighted by Gasteiger charge is -2.42. The van der Waals surface area contributed by atoms with E-state index in [1.54, 1.807) is 12.1 Å². The minimum Gasteiger partial charge on any atom is -0.478 e. The summed E-state index contributed by atoms with van der Waals surface area (Å²) in [6.45, 7) is 8.09. The van der Waals surface area contributed by atoms with Crippen molar-refractivity contribution in [2.75, 3.05) is 25.0 Å². The average molecular weight is 747 g/mol. The van der Waals surface area contributed by atoms with Gasteiger partial charge >= 0.3 is 11.9 Å². The van der Waals surface area contributed by atoms with E-state index in [9.17, 15) is 24.3 Å². The fraction of sp³-hybridized carbons (Fsp3) is 0.439. The Morgan fingerprint density at radius 2 is 1.71 bits per heavy atom. The minimum absolute atomic E-state index is 0.0120. The van der Waals surface area contributed by atoms with Crippen LogP contribution < -0.4 is 4.90 Å². The largest absolute Gasteiger partial charge is 0.478 e. The van der Waals surface area contributed by atoms with Crippen molar-refractivity contribution in [3.05, 3.63) is 91.0 Å². The van der Waals surface area contributed by atoms with Crippen LogP contribution in [0.1, 0.15) is 118 Å². The SMILES string of the molecule is CCCCC1=CC2=C(c3c(Cl)ccc(Cl)c3C(=O)O)c3cc4c(cc3C(C)(C)C2=CC1=NCCCCCC(=O)ON1C(=O)CCC1=O)N(C)CCC4. The van der Waals surface area contributed by atoms with Crippen molar-refractivity contribution >= 4 is 63.9 Å². The number of amides is 2. The topological polar surface area (TPSA) is 117 Å². The number of aryl methyl sites for hydroxylation is 1. The molecule has 0 atom stereocenters. The molecule has 0 aromatic heterocycles. The van der Waals surface area contributed by atoms with E-state index in [-0.39, 0.29) is 29.8 Å². The molecule has 2 aromatic carbocycles. The molecule has 2 aliphatic heterocycles. The van der Waals surface area contributed by atoms with Gasteiger partial charge in [-0.05, 0) is 114 Å². The Bertz CT molecular complexity index is 1960. The number of rotatable bonds is 12. The van der Waals surface area contributed by atoms with Gasteiger partial charge in [-0.15, -0.1) is 5.06 Å². The minimum atomic E-state index is -1.13. The van der Waals surface area contributed by atoms with E-state index in [0.717, 1.165) is 90.6 Å². The van der Waals surface area contributed by atoms with Gasteiger partial charge in [-0.1, -0.05) is 56.8 Å². The normalized spacial score (nSPS) is 18.6. The van der Waals surface area contributed by atoms with Gasteiger partial charge in [0.2, 0.25) is 0 Å². The summed E-state index contributed by atoms with van der Waals surface area (Å²) in [5.41, 5.74) is 9.16. The monoisotopic (exact) mass is 745 g/mol. The van der Waals surface area contributed by atoms with E-state index in [0.29, 0.717) is 28.6 Å². The summed E-state index contributed by atoms with van der Waals surface area (Å²) in [5, 5.41) is 11.5. The number of carbonyl (C=O) groups excluding carboxylic acids is 3. The predicted octanol–water partition coefficient (Wildman–Crippen LogP) is 8.83. The second-order valence-corrected chi connectivity index (χ2v) is 15.3. The third kappa shape index (κ3) is 7.22. The molecule has 0 unspecified atom stereocenters. The molecule has 0 bridgehead atoms. The van der Waals surface area contributed by atoms with Crippen molar-refractivity contribution in [2.45, 2.75) is 96.8 Å². The third-order valence-corrected chi connectivity index (χ3v) is 11.2. The number of carboxylic acids is 1. The molecule has 2 aromatic rings. The van der Waals surface area contributed by atoms with Gasteiger partial charge in [0.15, 0.2) is 0 Å². The Labute approximate surface area is 315 Å². The van der Waals surface area contributed by atoms with Crippen molar-refractivity contribution < 1.29 is 29.1 Å². The highest BCUT2D eigenvalue weighted by Gasteiger charge is 2.41. The second-order valence-electron chi connectivity index (χ2n) is 14.5. The number of benzene rings is 2. The zero-order chi connectivity index (χ0) is 37.3. The predicted molar refractivity (Wildman–Crippen MR) is 204 cm³/mol. The summed E-state index contributed by atoms with van der Waals surface area (Å²) in [6.07, 6.45) is 11.3. The lowest BCUT2D eigenvalue weighted by molar-refractivity contribution is -0.197. The summed E-state index contributed by atoms with van der Waals surface area (Å²) in [5.74, 6) is -2.70. The number of hydroxylamine groups is 2. The van der Waals surface area contributed by atoms with Crippen LogP contribution in [0, 0.1) is 0 Å². The molecule has 0 radical (unpaired) electrons. The molecule has 1 fully saturated rings. The number of hydrogen-bond acceptors (Lipinski definition) is 7. The number of unbranched alkanes of at least 4 members (excludes halogenated alkanes) is 3. The molecule has 0 saturated carbocycles. The fourth-order valence-electron chi connectivity index (χ4n) is 7.74. The molecule has 2 heterocycles. The van der Waals surface area contributed by atoms with Crippen molar-refractivity contribution in [1.82, 2.24) is 5.06 Å². The van der Waals surface area contributed by atoms with Crippen LogP contribution in [0.3, 0.4) is 0 Å². The molecule has 9 nitrogen and oxygen atoms in total. The maximum absolute atomic E-state index is 12.8. The van der Waals surface area contributed by atoms with Gasteiger partial charge < -0.3 is 14.8 Å². The average Bonchev–Trinajstić information content (AvgIpc) is 3.42. The summed E-state index contributed by atoms with van der Waals surface area (Å²) in [4.78, 5) is 61.0. The number of aliphatic imine (C=N–C) groups is 1. The molecule has 6 rings (SSSR count). The number of fused-ring (bicyclic) bond motifs is 3. The van der Waals surface area contributed by atoms with Crippen LogP contribution in [0.5, 0.6) is 0 Å². The third-order valence-electron chi connectivity index (χ3n) is 10.6. The number of halogens is 2. The number of anilines is 1. The zero-order valence-corrected chi connectivity index (χ0v) is 31.8. The first kappa shape index (κ1) is 37.5. The molecule has 52 heavy (non-hydrogen) atoms. The van der Waals surface area contributed by atoms with Gasteiger partial charge in [-0.2, -0.15) is 0 Å². The lowest BCUT2D eigenvalue weighted by Crippen LogP contribution is -2.32. The van der Waals surface area contributed by atoms with Crippen LogP contribution in [0.25, 0.3) is 5.57 Å². The Kier molecular flexibility index (Phi) is 11.1. The Hall–Kier alpha value is -4.21. The molecule has 1 saturated heterocycles. The second kappa shape index (κ2) is 15.4. The fourth-order valence-corrected chi connectivity index (χ4v) is 8.23. The van der Waals surface area contributed by atoms with Gasteiger partial charge in [-0.3, -0.25) is 14.6 Å². The Balaban J connectivity index is 1.38. The first-order chi connectivity index (χ1) is 24.8. The Morgan fingerprint density at radius 1 is 0.981 bits per heavy atom. The molecule has 4 aliphatic rings. The molecule has 274 valence electrons. The molecule has 1 N–H and O–H groups in total. The standard InChI is InChI=1S/C41H45Cl2N3O6/c1-5-6-11-24-20-26-28(22-32(24)44-18-9-7-8-13-36(49)52-46-34(47)16-17-35(46)48)41(2,3)29-23-33-25(12-10-19-45(33)4)21-27(29)37(26)38-30(42)14-15-31(43)39(38)40(50)51/h14-15,20-23H,5-13,16-19H2,1-4H3,(H,50,51). The maximum Gasteiger partial charge on any atom is 0.337 e. The highest BCUT2D eigenvalue weighted by molar-refractivity contribution is 6.37. The van der Waals surface area contributed by atoms with E-state index in [1.807, 2.05) is 0 Å². The van der Waals surface area contributed by atoms with Crippen LogP contribution in [-0.4, -0.2) is 59.8 Å². The number of nitrogens with zero attached hydrogens (tertiary/aromatic N) is 3. The van der Waals surface area contributed by atoms with Crippen LogP contribution in [0.4, 0.5) is 5.69 Å². The van der Waals surface area contributed by atoms with E-state index in [2.05, 4.69) is 57.0 Å².